The Kier molecular flexibility index (Phi) is 4.63. The molecule has 2 rings (SSSR count). The summed E-state index contributed by atoms with van der Waals surface area (Å²) in [6.07, 6.45) is 8.97. The summed E-state index contributed by atoms with van der Waals surface area (Å²) in [7, 11) is 1.58. The van der Waals surface area contributed by atoms with E-state index in [0.717, 1.165) is 5.56 Å². The van der Waals surface area contributed by atoms with E-state index in [1.54, 1.807) is 13.2 Å². The number of ether oxygens (including phenoxy) is 1. The largest absolute Gasteiger partial charge is 0.500 e. The van der Waals surface area contributed by atoms with Gasteiger partial charge in [-0.25, -0.2) is 0 Å². The smallest absolute Gasteiger partial charge is 0.167 e. The first-order valence-electron chi connectivity index (χ1n) is 6.10. The molecule has 0 fully saturated rings. The van der Waals surface area contributed by atoms with E-state index in [1.807, 2.05) is 54.6 Å². The van der Waals surface area contributed by atoms with Gasteiger partial charge in [0.2, 0.25) is 0 Å². The van der Waals surface area contributed by atoms with Gasteiger partial charge in [0.25, 0.3) is 0 Å². The van der Waals surface area contributed by atoms with Crippen LogP contribution in [0, 0.1) is 5.92 Å². The number of carbonyl (C=O) groups is 1. The number of benzene rings is 1. The Morgan fingerprint density at radius 2 is 2.05 bits per heavy atom. The molecule has 1 aromatic carbocycles. The van der Waals surface area contributed by atoms with Gasteiger partial charge in [-0.2, -0.15) is 12.6 Å². The van der Waals surface area contributed by atoms with Gasteiger partial charge in [-0.3, -0.25) is 4.79 Å². The molecule has 1 aliphatic rings. The van der Waals surface area contributed by atoms with Crippen molar-refractivity contribution in [2.45, 2.75) is 5.25 Å². The first-order valence-corrected chi connectivity index (χ1v) is 6.61. The molecule has 0 saturated carbocycles. The Morgan fingerprint density at radius 1 is 1.32 bits per heavy atom. The van der Waals surface area contributed by atoms with E-state index in [4.69, 9.17) is 4.74 Å². The molecule has 0 radical (unpaired) electrons. The summed E-state index contributed by atoms with van der Waals surface area (Å²) in [5, 5.41) is -0.145. The minimum atomic E-state index is -0.349. The lowest BCUT2D eigenvalue weighted by molar-refractivity contribution is -0.117. The van der Waals surface area contributed by atoms with Crippen LogP contribution in [0.2, 0.25) is 0 Å². The second-order valence-corrected chi connectivity index (χ2v) is 4.87. The van der Waals surface area contributed by atoms with Crippen LogP contribution in [0.4, 0.5) is 0 Å². The number of ketones is 1. The van der Waals surface area contributed by atoms with Crippen molar-refractivity contribution in [1.82, 2.24) is 0 Å². The predicted octanol–water partition coefficient (Wildman–Crippen LogP) is 3.28. The summed E-state index contributed by atoms with van der Waals surface area (Å²) < 4.78 is 5.25. The first-order chi connectivity index (χ1) is 9.22. The summed E-state index contributed by atoms with van der Waals surface area (Å²) >= 11 is 4.43. The van der Waals surface area contributed by atoms with Crippen molar-refractivity contribution in [2.24, 2.45) is 5.92 Å². The van der Waals surface area contributed by atoms with Crippen LogP contribution in [0.3, 0.4) is 0 Å². The molecule has 1 aliphatic carbocycles. The summed E-state index contributed by atoms with van der Waals surface area (Å²) in [5.41, 5.74) is 1.00. The molecule has 2 unspecified atom stereocenters. The Bertz CT molecular complexity index is 529. The molecule has 19 heavy (non-hydrogen) atoms. The fourth-order valence-electron chi connectivity index (χ4n) is 2.00. The van der Waals surface area contributed by atoms with Crippen LogP contribution in [0.5, 0.6) is 0 Å². The normalized spacial score (nSPS) is 22.3. The van der Waals surface area contributed by atoms with Gasteiger partial charge >= 0.3 is 0 Å². The minimum Gasteiger partial charge on any atom is -0.500 e. The highest BCUT2D eigenvalue weighted by Crippen LogP contribution is 2.27. The average molecular weight is 272 g/mol. The number of rotatable bonds is 4. The van der Waals surface area contributed by atoms with Crippen molar-refractivity contribution in [3.63, 3.8) is 0 Å². The molecule has 0 spiro atoms. The van der Waals surface area contributed by atoms with Crippen molar-refractivity contribution in [1.29, 1.82) is 0 Å². The Morgan fingerprint density at radius 3 is 2.74 bits per heavy atom. The van der Waals surface area contributed by atoms with Gasteiger partial charge in [0, 0.05) is 5.25 Å². The highest BCUT2D eigenvalue weighted by Gasteiger charge is 2.28. The molecular weight excluding hydrogens is 256 g/mol. The van der Waals surface area contributed by atoms with Crippen molar-refractivity contribution < 1.29 is 9.53 Å². The topological polar surface area (TPSA) is 26.3 Å². The van der Waals surface area contributed by atoms with Gasteiger partial charge in [0.15, 0.2) is 5.78 Å². The highest BCUT2D eigenvalue weighted by molar-refractivity contribution is 7.81. The van der Waals surface area contributed by atoms with Gasteiger partial charge in [0.05, 0.1) is 13.0 Å². The molecule has 0 N–H and O–H groups in total. The van der Waals surface area contributed by atoms with Crippen molar-refractivity contribution in [3.05, 3.63) is 66.0 Å². The van der Waals surface area contributed by atoms with Gasteiger partial charge in [0.1, 0.15) is 5.76 Å². The molecule has 98 valence electrons. The molecule has 0 aliphatic heterocycles. The second-order valence-electron chi connectivity index (χ2n) is 4.27. The van der Waals surface area contributed by atoms with Gasteiger partial charge < -0.3 is 4.74 Å². The number of allylic oxidation sites excluding steroid dienone is 4. The summed E-state index contributed by atoms with van der Waals surface area (Å²) in [4.78, 5) is 12.3. The van der Waals surface area contributed by atoms with Crippen LogP contribution in [-0.4, -0.2) is 18.1 Å². The fraction of sp³-hybridized carbons (Fsp3) is 0.188. The molecular formula is C16H16O2S. The third-order valence-corrected chi connectivity index (χ3v) is 3.47. The van der Waals surface area contributed by atoms with Gasteiger partial charge in [-0.15, -0.1) is 0 Å². The number of carbonyl (C=O) groups excluding carboxylic acids is 1. The fourth-order valence-corrected chi connectivity index (χ4v) is 2.39. The van der Waals surface area contributed by atoms with E-state index < -0.39 is 0 Å². The molecule has 0 saturated heterocycles. The Balaban J connectivity index is 2.13. The van der Waals surface area contributed by atoms with Crippen molar-refractivity contribution >= 4 is 24.5 Å². The predicted molar refractivity (Wildman–Crippen MR) is 81.0 cm³/mol. The zero-order chi connectivity index (χ0) is 13.7. The number of hydrogen-bond acceptors (Lipinski definition) is 3. The molecule has 0 amide bonds. The van der Waals surface area contributed by atoms with Crippen LogP contribution in [0.1, 0.15) is 5.56 Å². The zero-order valence-electron chi connectivity index (χ0n) is 10.7. The lowest BCUT2D eigenvalue weighted by Crippen LogP contribution is -2.26. The highest BCUT2D eigenvalue weighted by atomic mass is 32.1. The third kappa shape index (κ3) is 3.38. The molecule has 2 atom stereocenters. The number of thiol groups is 1. The maximum atomic E-state index is 12.3. The van der Waals surface area contributed by atoms with E-state index in [9.17, 15) is 4.79 Å². The molecule has 0 bridgehead atoms. The summed E-state index contributed by atoms with van der Waals surface area (Å²) in [6.45, 7) is 0. The van der Waals surface area contributed by atoms with Crippen LogP contribution < -0.4 is 0 Å². The maximum Gasteiger partial charge on any atom is 0.167 e. The van der Waals surface area contributed by atoms with Crippen molar-refractivity contribution in [2.75, 3.05) is 7.11 Å². The van der Waals surface area contributed by atoms with E-state index >= 15 is 0 Å². The number of hydrogen-bond donors (Lipinski definition) is 1. The number of methoxy groups -OCH3 is 1. The summed E-state index contributed by atoms with van der Waals surface area (Å²) in [5.74, 6) is 0.310. The molecule has 2 nitrogen and oxygen atoms in total. The molecule has 0 heterocycles. The Hall–Kier alpha value is -1.74. The van der Waals surface area contributed by atoms with Crippen LogP contribution >= 0.6 is 12.6 Å². The third-order valence-electron chi connectivity index (χ3n) is 3.00. The zero-order valence-corrected chi connectivity index (χ0v) is 11.6. The van der Waals surface area contributed by atoms with Gasteiger partial charge in [-0.1, -0.05) is 48.6 Å². The van der Waals surface area contributed by atoms with E-state index in [2.05, 4.69) is 12.6 Å². The molecule has 3 heteroatoms. The standard InChI is InChI=1S/C16H16O2S/c1-18-14-8-5-9-15(19)16(14)13(17)11-10-12-6-3-2-4-7-12/h2-11,15-16,19H,1H3. The van der Waals surface area contributed by atoms with Crippen LogP contribution in [-0.2, 0) is 9.53 Å². The summed E-state index contributed by atoms with van der Waals surface area (Å²) in [6, 6.07) is 9.73. The van der Waals surface area contributed by atoms with Crippen molar-refractivity contribution in [3.8, 4) is 0 Å². The van der Waals surface area contributed by atoms with E-state index in [-0.39, 0.29) is 17.0 Å². The molecule has 1 aromatic rings. The van der Waals surface area contributed by atoms with Crippen LogP contribution in [0.15, 0.2) is 60.4 Å². The quantitative estimate of drug-likeness (QED) is 0.672. The Labute approximate surface area is 118 Å². The maximum absolute atomic E-state index is 12.3. The monoisotopic (exact) mass is 272 g/mol. The van der Waals surface area contributed by atoms with Crippen LogP contribution in [0.25, 0.3) is 6.08 Å². The first kappa shape index (κ1) is 13.7. The molecule has 0 aromatic heterocycles. The van der Waals surface area contributed by atoms with Gasteiger partial charge in [-0.05, 0) is 17.7 Å². The van der Waals surface area contributed by atoms with E-state index in [0.29, 0.717) is 5.76 Å². The minimum absolute atomic E-state index is 0.00121. The lowest BCUT2D eigenvalue weighted by Gasteiger charge is -2.22. The SMILES string of the molecule is COC1=CC=CC(S)C1C(=O)C=Cc1ccccc1. The van der Waals surface area contributed by atoms with E-state index in [1.165, 1.54) is 0 Å². The lowest BCUT2D eigenvalue weighted by atomic mass is 9.92. The second kappa shape index (κ2) is 6.43. The average Bonchev–Trinajstić information content (AvgIpc) is 2.45.